The lowest BCUT2D eigenvalue weighted by Crippen LogP contribution is -2.31. The summed E-state index contributed by atoms with van der Waals surface area (Å²) in [4.78, 5) is 11.3. The van der Waals surface area contributed by atoms with Crippen LogP contribution in [0.25, 0.3) is 11.0 Å². The largest absolute Gasteiger partial charge is 0.308 e. The minimum atomic E-state index is 0.463. The zero-order chi connectivity index (χ0) is 14.7. The molecule has 0 aliphatic heterocycles. The van der Waals surface area contributed by atoms with Crippen molar-refractivity contribution in [1.29, 1.82) is 0 Å². The van der Waals surface area contributed by atoms with Crippen LogP contribution < -0.4 is 11.3 Å². The molecule has 8 heteroatoms. The van der Waals surface area contributed by atoms with Gasteiger partial charge in [-0.3, -0.25) is 9.58 Å². The van der Waals surface area contributed by atoms with Gasteiger partial charge in [-0.05, 0) is 20.2 Å². The zero-order valence-corrected chi connectivity index (χ0v) is 13.1. The summed E-state index contributed by atoms with van der Waals surface area (Å²) in [6.07, 6.45) is 3.83. The lowest BCUT2D eigenvalue weighted by atomic mass is 10.3. The van der Waals surface area contributed by atoms with Crippen LogP contribution in [-0.4, -0.2) is 49.7 Å². The number of aryl methyl sites for hydroxylation is 1. The molecule has 3 N–H and O–H groups in total. The van der Waals surface area contributed by atoms with Gasteiger partial charge in [0.25, 0.3) is 0 Å². The van der Waals surface area contributed by atoms with E-state index in [0.29, 0.717) is 18.4 Å². The van der Waals surface area contributed by atoms with E-state index in [-0.39, 0.29) is 0 Å². The Labute approximate surface area is 122 Å². The first-order chi connectivity index (χ1) is 9.56. The van der Waals surface area contributed by atoms with Crippen LogP contribution in [0.4, 0.5) is 5.82 Å². The van der Waals surface area contributed by atoms with Crippen LogP contribution in [-0.2, 0) is 13.6 Å². The standard InChI is InChI=1S/C12H21N7S/c1-8(7-20-4)18(2)6-10-15-11(17-13)9-5-14-19(3)12(9)16-10/h5,8H,6-7,13H2,1-4H3,(H,15,16,17). The van der Waals surface area contributed by atoms with Crippen LogP contribution >= 0.6 is 11.8 Å². The normalized spacial score (nSPS) is 13.1. The molecule has 1 atom stereocenters. The van der Waals surface area contributed by atoms with Gasteiger partial charge in [0, 0.05) is 18.8 Å². The maximum atomic E-state index is 5.54. The second-order valence-electron chi connectivity index (χ2n) is 4.86. The Hall–Kier alpha value is -1.38. The molecule has 0 amide bonds. The molecule has 2 aromatic rings. The number of nitrogens with two attached hydrogens (primary N) is 1. The molecule has 7 nitrogen and oxygen atoms in total. The molecule has 110 valence electrons. The Morgan fingerprint density at radius 3 is 2.90 bits per heavy atom. The molecule has 0 radical (unpaired) electrons. The monoisotopic (exact) mass is 295 g/mol. The number of aromatic nitrogens is 4. The molecular weight excluding hydrogens is 274 g/mol. The van der Waals surface area contributed by atoms with Crippen molar-refractivity contribution in [3.8, 4) is 0 Å². The Kier molecular flexibility index (Phi) is 4.79. The fourth-order valence-corrected chi connectivity index (χ4v) is 2.73. The molecule has 0 spiro atoms. The minimum absolute atomic E-state index is 0.463. The van der Waals surface area contributed by atoms with Crippen LogP contribution in [0.15, 0.2) is 6.20 Å². The molecular formula is C12H21N7S. The molecule has 0 bridgehead atoms. The highest BCUT2D eigenvalue weighted by Crippen LogP contribution is 2.19. The number of hydrogen-bond acceptors (Lipinski definition) is 7. The van der Waals surface area contributed by atoms with Crippen molar-refractivity contribution in [3.05, 3.63) is 12.0 Å². The predicted molar refractivity (Wildman–Crippen MR) is 83.4 cm³/mol. The van der Waals surface area contributed by atoms with Gasteiger partial charge in [0.2, 0.25) is 0 Å². The summed E-state index contributed by atoms with van der Waals surface area (Å²) in [6, 6.07) is 0.463. The van der Waals surface area contributed by atoms with E-state index in [2.05, 4.69) is 45.6 Å². The molecule has 2 aromatic heterocycles. The van der Waals surface area contributed by atoms with Crippen molar-refractivity contribution in [2.75, 3.05) is 24.5 Å². The van der Waals surface area contributed by atoms with Gasteiger partial charge in [0.05, 0.1) is 18.1 Å². The number of fused-ring (bicyclic) bond motifs is 1. The zero-order valence-electron chi connectivity index (χ0n) is 12.3. The molecule has 0 aliphatic rings. The maximum absolute atomic E-state index is 5.54. The van der Waals surface area contributed by atoms with Gasteiger partial charge in [-0.2, -0.15) is 16.9 Å². The third-order valence-corrected chi connectivity index (χ3v) is 4.14. The number of thioether (sulfide) groups is 1. The quantitative estimate of drug-likeness (QED) is 0.603. The molecule has 0 aromatic carbocycles. The van der Waals surface area contributed by atoms with E-state index in [4.69, 9.17) is 5.84 Å². The van der Waals surface area contributed by atoms with Crippen molar-refractivity contribution < 1.29 is 0 Å². The molecule has 2 heterocycles. The lowest BCUT2D eigenvalue weighted by Gasteiger charge is -2.23. The first-order valence-corrected chi connectivity index (χ1v) is 7.80. The first kappa shape index (κ1) is 15.0. The second-order valence-corrected chi connectivity index (χ2v) is 5.77. The fraction of sp³-hybridized carbons (Fsp3) is 0.583. The molecule has 2 rings (SSSR count). The summed E-state index contributed by atoms with van der Waals surface area (Å²) in [7, 11) is 3.94. The van der Waals surface area contributed by atoms with Gasteiger partial charge in [-0.25, -0.2) is 15.8 Å². The van der Waals surface area contributed by atoms with E-state index in [9.17, 15) is 0 Å². The summed E-state index contributed by atoms with van der Waals surface area (Å²) < 4.78 is 1.73. The molecule has 0 aliphatic carbocycles. The average molecular weight is 295 g/mol. The average Bonchev–Trinajstić information content (AvgIpc) is 2.80. The fourth-order valence-electron chi connectivity index (χ4n) is 2.00. The van der Waals surface area contributed by atoms with Gasteiger partial charge in [-0.15, -0.1) is 0 Å². The van der Waals surface area contributed by atoms with Crippen molar-refractivity contribution in [2.24, 2.45) is 12.9 Å². The highest BCUT2D eigenvalue weighted by Gasteiger charge is 2.14. The van der Waals surface area contributed by atoms with Crippen LogP contribution in [0.3, 0.4) is 0 Å². The smallest absolute Gasteiger partial charge is 0.163 e. The van der Waals surface area contributed by atoms with Crippen molar-refractivity contribution in [3.63, 3.8) is 0 Å². The third kappa shape index (κ3) is 3.02. The van der Waals surface area contributed by atoms with Gasteiger partial charge < -0.3 is 5.43 Å². The van der Waals surface area contributed by atoms with Crippen LogP contribution in [0.1, 0.15) is 12.7 Å². The number of anilines is 1. The Balaban J connectivity index is 2.28. The van der Waals surface area contributed by atoms with Gasteiger partial charge in [-0.1, -0.05) is 0 Å². The topological polar surface area (TPSA) is 84.9 Å². The Bertz CT molecular complexity index is 582. The van der Waals surface area contributed by atoms with Crippen molar-refractivity contribution >= 4 is 28.6 Å². The molecule has 0 fully saturated rings. The minimum Gasteiger partial charge on any atom is -0.308 e. The Morgan fingerprint density at radius 1 is 1.50 bits per heavy atom. The summed E-state index contributed by atoms with van der Waals surface area (Å²) >= 11 is 1.83. The van der Waals surface area contributed by atoms with Crippen LogP contribution in [0.5, 0.6) is 0 Å². The van der Waals surface area contributed by atoms with Crippen LogP contribution in [0, 0.1) is 0 Å². The van der Waals surface area contributed by atoms with Gasteiger partial charge in [0.15, 0.2) is 11.5 Å². The summed E-state index contributed by atoms with van der Waals surface area (Å²) in [6.45, 7) is 2.87. The molecule has 20 heavy (non-hydrogen) atoms. The van der Waals surface area contributed by atoms with Gasteiger partial charge in [0.1, 0.15) is 5.82 Å². The van der Waals surface area contributed by atoms with E-state index in [1.807, 2.05) is 18.8 Å². The van der Waals surface area contributed by atoms with E-state index in [1.165, 1.54) is 0 Å². The second kappa shape index (κ2) is 6.38. The van der Waals surface area contributed by atoms with E-state index in [1.54, 1.807) is 10.9 Å². The number of nitrogens with one attached hydrogen (secondary N) is 1. The highest BCUT2D eigenvalue weighted by molar-refractivity contribution is 7.98. The predicted octanol–water partition coefficient (Wildman–Crippen LogP) is 0.832. The summed E-state index contributed by atoms with van der Waals surface area (Å²) in [5, 5.41) is 5.02. The van der Waals surface area contributed by atoms with E-state index >= 15 is 0 Å². The maximum Gasteiger partial charge on any atom is 0.163 e. The summed E-state index contributed by atoms with van der Waals surface area (Å²) in [5.74, 6) is 7.97. The molecule has 1 unspecified atom stereocenters. The number of hydrazine groups is 1. The van der Waals surface area contributed by atoms with Gasteiger partial charge >= 0.3 is 0 Å². The van der Waals surface area contributed by atoms with E-state index in [0.717, 1.165) is 22.6 Å². The van der Waals surface area contributed by atoms with Crippen molar-refractivity contribution in [2.45, 2.75) is 19.5 Å². The third-order valence-electron chi connectivity index (χ3n) is 3.33. The van der Waals surface area contributed by atoms with E-state index < -0.39 is 0 Å². The number of nitrogen functional groups attached to an aromatic ring is 1. The SMILES string of the molecule is CSCC(C)N(C)Cc1nc(NN)c2cnn(C)c2n1. The van der Waals surface area contributed by atoms with Crippen molar-refractivity contribution in [1.82, 2.24) is 24.6 Å². The number of nitrogens with zero attached hydrogens (tertiary/aromatic N) is 5. The number of rotatable bonds is 6. The highest BCUT2D eigenvalue weighted by atomic mass is 32.2. The Morgan fingerprint density at radius 2 is 2.25 bits per heavy atom. The number of hydrogen-bond donors (Lipinski definition) is 2. The first-order valence-electron chi connectivity index (χ1n) is 6.41. The summed E-state index contributed by atoms with van der Waals surface area (Å²) in [5.41, 5.74) is 3.41. The molecule has 0 saturated heterocycles. The lowest BCUT2D eigenvalue weighted by molar-refractivity contribution is 0.263. The van der Waals surface area contributed by atoms with Crippen LogP contribution in [0.2, 0.25) is 0 Å². The molecule has 0 saturated carbocycles.